The minimum Gasteiger partial charge on any atom is -0.497 e. The fraction of sp³-hybridized carbons (Fsp3) is 0.217. The molecule has 2 aromatic heterocycles. The zero-order valence-corrected chi connectivity index (χ0v) is 18.1. The van der Waals surface area contributed by atoms with Gasteiger partial charge in [-0.15, -0.1) is 5.10 Å². The predicted molar refractivity (Wildman–Crippen MR) is 121 cm³/mol. The molecule has 1 amide bonds. The van der Waals surface area contributed by atoms with Gasteiger partial charge in [0.1, 0.15) is 17.2 Å². The van der Waals surface area contributed by atoms with Crippen molar-refractivity contribution in [2.75, 3.05) is 18.2 Å². The summed E-state index contributed by atoms with van der Waals surface area (Å²) in [5.41, 5.74) is 9.53. The van der Waals surface area contributed by atoms with E-state index in [1.165, 1.54) is 10.2 Å². The molecule has 9 nitrogen and oxygen atoms in total. The van der Waals surface area contributed by atoms with Crippen molar-refractivity contribution >= 4 is 17.4 Å². The number of oxazole rings is 1. The highest BCUT2D eigenvalue weighted by molar-refractivity contribution is 6.05. The SMILES string of the molecule is CCc1ccc(NC(=O)c2nnn(Cc3nc(-c4ccc(OC)cc4)oc3C)c2N)cc1. The van der Waals surface area contributed by atoms with E-state index in [0.717, 1.165) is 17.7 Å². The van der Waals surface area contributed by atoms with Crippen LogP contribution in [0.25, 0.3) is 11.5 Å². The number of nitrogen functional groups attached to an aromatic ring is 1. The van der Waals surface area contributed by atoms with Crippen LogP contribution in [0.3, 0.4) is 0 Å². The number of carbonyl (C=O) groups excluding carboxylic acids is 1. The monoisotopic (exact) mass is 432 g/mol. The van der Waals surface area contributed by atoms with Gasteiger partial charge < -0.3 is 20.2 Å². The summed E-state index contributed by atoms with van der Waals surface area (Å²) in [5.74, 6) is 1.59. The summed E-state index contributed by atoms with van der Waals surface area (Å²) in [5, 5.41) is 10.8. The van der Waals surface area contributed by atoms with Crippen molar-refractivity contribution in [3.63, 3.8) is 0 Å². The number of nitrogens with zero attached hydrogens (tertiary/aromatic N) is 4. The summed E-state index contributed by atoms with van der Waals surface area (Å²) >= 11 is 0. The summed E-state index contributed by atoms with van der Waals surface area (Å²) in [7, 11) is 1.61. The van der Waals surface area contributed by atoms with E-state index in [9.17, 15) is 4.79 Å². The Kier molecular flexibility index (Phi) is 5.89. The van der Waals surface area contributed by atoms with E-state index in [1.807, 2.05) is 55.5 Å². The van der Waals surface area contributed by atoms with Crippen LogP contribution < -0.4 is 15.8 Å². The second-order valence-electron chi connectivity index (χ2n) is 7.24. The Balaban J connectivity index is 1.49. The maximum Gasteiger partial charge on any atom is 0.280 e. The molecule has 3 N–H and O–H groups in total. The highest BCUT2D eigenvalue weighted by Gasteiger charge is 2.20. The van der Waals surface area contributed by atoms with Gasteiger partial charge in [0.05, 0.1) is 13.7 Å². The lowest BCUT2D eigenvalue weighted by molar-refractivity contribution is 0.102. The van der Waals surface area contributed by atoms with Gasteiger partial charge in [-0.1, -0.05) is 24.3 Å². The molecule has 2 aromatic carbocycles. The Morgan fingerprint density at radius 2 is 1.88 bits per heavy atom. The maximum atomic E-state index is 12.6. The van der Waals surface area contributed by atoms with E-state index in [4.69, 9.17) is 14.9 Å². The highest BCUT2D eigenvalue weighted by Crippen LogP contribution is 2.25. The molecule has 4 aromatic rings. The molecular formula is C23H24N6O3. The molecule has 0 saturated heterocycles. The molecule has 9 heteroatoms. The first-order valence-electron chi connectivity index (χ1n) is 10.2. The number of amides is 1. The zero-order chi connectivity index (χ0) is 22.7. The lowest BCUT2D eigenvalue weighted by atomic mass is 10.1. The van der Waals surface area contributed by atoms with E-state index in [2.05, 4.69) is 27.5 Å². The maximum absolute atomic E-state index is 12.6. The lowest BCUT2D eigenvalue weighted by Gasteiger charge is -2.05. The summed E-state index contributed by atoms with van der Waals surface area (Å²) in [6.45, 7) is 4.11. The molecule has 32 heavy (non-hydrogen) atoms. The topological polar surface area (TPSA) is 121 Å². The van der Waals surface area contributed by atoms with Crippen molar-refractivity contribution < 1.29 is 13.9 Å². The minimum atomic E-state index is -0.422. The lowest BCUT2D eigenvalue weighted by Crippen LogP contribution is -2.15. The number of carbonyl (C=O) groups is 1. The fourth-order valence-electron chi connectivity index (χ4n) is 3.19. The molecule has 0 aliphatic heterocycles. The van der Waals surface area contributed by atoms with Crippen molar-refractivity contribution in [1.82, 2.24) is 20.0 Å². The highest BCUT2D eigenvalue weighted by atomic mass is 16.5. The fourth-order valence-corrected chi connectivity index (χ4v) is 3.19. The third-order valence-electron chi connectivity index (χ3n) is 5.14. The van der Waals surface area contributed by atoms with Crippen LogP contribution in [-0.2, 0) is 13.0 Å². The molecule has 164 valence electrons. The molecule has 0 saturated carbocycles. The van der Waals surface area contributed by atoms with E-state index in [0.29, 0.717) is 23.0 Å². The predicted octanol–water partition coefficient (Wildman–Crippen LogP) is 3.70. The molecule has 0 radical (unpaired) electrons. The van der Waals surface area contributed by atoms with Gasteiger partial charge in [0.25, 0.3) is 5.91 Å². The molecule has 0 aliphatic carbocycles. The smallest absolute Gasteiger partial charge is 0.280 e. The summed E-state index contributed by atoms with van der Waals surface area (Å²) in [6, 6.07) is 15.0. The van der Waals surface area contributed by atoms with Crippen LogP contribution in [0.2, 0.25) is 0 Å². The van der Waals surface area contributed by atoms with Crippen LogP contribution in [0.5, 0.6) is 5.75 Å². The normalized spacial score (nSPS) is 10.8. The third-order valence-corrected chi connectivity index (χ3v) is 5.14. The Hall–Kier alpha value is -4.14. The number of rotatable bonds is 7. The van der Waals surface area contributed by atoms with Gasteiger partial charge in [0.15, 0.2) is 11.5 Å². The first-order chi connectivity index (χ1) is 15.5. The molecule has 0 aliphatic rings. The number of nitrogens with two attached hydrogens (primary N) is 1. The van der Waals surface area contributed by atoms with Gasteiger partial charge in [-0.05, 0) is 55.3 Å². The van der Waals surface area contributed by atoms with Crippen molar-refractivity contribution in [2.45, 2.75) is 26.8 Å². The summed E-state index contributed by atoms with van der Waals surface area (Å²) in [4.78, 5) is 17.2. The second-order valence-corrected chi connectivity index (χ2v) is 7.24. The van der Waals surface area contributed by atoms with Gasteiger partial charge >= 0.3 is 0 Å². The Labute approximate surface area is 185 Å². The van der Waals surface area contributed by atoms with E-state index in [1.54, 1.807) is 7.11 Å². The summed E-state index contributed by atoms with van der Waals surface area (Å²) in [6.07, 6.45) is 0.928. The Morgan fingerprint density at radius 3 is 2.53 bits per heavy atom. The average molecular weight is 432 g/mol. The van der Waals surface area contributed by atoms with Gasteiger partial charge in [0, 0.05) is 11.3 Å². The van der Waals surface area contributed by atoms with Gasteiger partial charge in [-0.3, -0.25) is 4.79 Å². The Bertz CT molecular complexity index is 1230. The van der Waals surface area contributed by atoms with Crippen LogP contribution in [0, 0.1) is 6.92 Å². The number of ether oxygens (including phenoxy) is 1. The van der Waals surface area contributed by atoms with E-state index < -0.39 is 5.91 Å². The molecule has 0 bridgehead atoms. The third kappa shape index (κ3) is 4.31. The number of hydrogen-bond acceptors (Lipinski definition) is 7. The largest absolute Gasteiger partial charge is 0.497 e. The molecule has 0 atom stereocenters. The minimum absolute atomic E-state index is 0.0566. The van der Waals surface area contributed by atoms with Gasteiger partial charge in [-0.2, -0.15) is 0 Å². The van der Waals surface area contributed by atoms with Crippen molar-refractivity contribution in [3.05, 3.63) is 71.2 Å². The average Bonchev–Trinajstić information content (AvgIpc) is 3.37. The number of aryl methyl sites for hydroxylation is 2. The van der Waals surface area contributed by atoms with Crippen LogP contribution in [-0.4, -0.2) is 33.0 Å². The quantitative estimate of drug-likeness (QED) is 0.457. The number of benzene rings is 2. The zero-order valence-electron chi connectivity index (χ0n) is 18.1. The van der Waals surface area contributed by atoms with Gasteiger partial charge in [0.2, 0.25) is 5.89 Å². The molecule has 0 fully saturated rings. The van der Waals surface area contributed by atoms with E-state index in [-0.39, 0.29) is 18.1 Å². The molecule has 2 heterocycles. The van der Waals surface area contributed by atoms with Crippen LogP contribution >= 0.6 is 0 Å². The first kappa shape index (κ1) is 21.1. The van der Waals surface area contributed by atoms with Crippen molar-refractivity contribution in [1.29, 1.82) is 0 Å². The molecule has 4 rings (SSSR count). The van der Waals surface area contributed by atoms with Gasteiger partial charge in [-0.25, -0.2) is 9.67 Å². The first-order valence-corrected chi connectivity index (χ1v) is 10.2. The molecular weight excluding hydrogens is 408 g/mol. The van der Waals surface area contributed by atoms with Crippen LogP contribution in [0.1, 0.15) is 34.4 Å². The number of anilines is 2. The number of methoxy groups -OCH3 is 1. The number of hydrogen-bond donors (Lipinski definition) is 2. The second kappa shape index (κ2) is 8.93. The number of nitrogens with one attached hydrogen (secondary N) is 1. The summed E-state index contributed by atoms with van der Waals surface area (Å²) < 4.78 is 12.4. The Morgan fingerprint density at radius 1 is 1.16 bits per heavy atom. The van der Waals surface area contributed by atoms with Crippen molar-refractivity contribution in [3.8, 4) is 17.2 Å². The molecule has 0 unspecified atom stereocenters. The molecule has 0 spiro atoms. The standard InChI is InChI=1S/C23H24N6O3/c1-4-15-5-9-17(10-6-15)25-22(30)20-21(24)29(28-27-20)13-19-14(2)32-23(26-19)16-7-11-18(31-3)12-8-16/h5-12H,4,13,24H2,1-3H3,(H,25,30). The number of aromatic nitrogens is 4. The van der Waals surface area contributed by atoms with E-state index >= 15 is 0 Å². The van der Waals surface area contributed by atoms with Crippen LogP contribution in [0.15, 0.2) is 52.9 Å². The van der Waals surface area contributed by atoms with Crippen LogP contribution in [0.4, 0.5) is 11.5 Å². The van der Waals surface area contributed by atoms with Crippen molar-refractivity contribution in [2.24, 2.45) is 0 Å².